The van der Waals surface area contributed by atoms with Crippen molar-refractivity contribution in [2.45, 2.75) is 90.1 Å². The molecule has 1 aliphatic carbocycles. The van der Waals surface area contributed by atoms with E-state index in [1.165, 1.54) is 38.5 Å². The topological polar surface area (TPSA) is 113 Å². The van der Waals surface area contributed by atoms with Crippen LogP contribution in [0.5, 0.6) is 0 Å². The van der Waals surface area contributed by atoms with Crippen molar-refractivity contribution in [2.24, 2.45) is 11.7 Å². The zero-order valence-corrected chi connectivity index (χ0v) is 17.2. The van der Waals surface area contributed by atoms with Crippen molar-refractivity contribution in [3.05, 3.63) is 0 Å². The van der Waals surface area contributed by atoms with E-state index in [9.17, 15) is 14.4 Å². The summed E-state index contributed by atoms with van der Waals surface area (Å²) < 4.78 is 0. The van der Waals surface area contributed by atoms with Crippen LogP contribution in [0.25, 0.3) is 0 Å². The zero-order chi connectivity index (χ0) is 20.3. The monoisotopic (exact) mass is 382 g/mol. The summed E-state index contributed by atoms with van der Waals surface area (Å²) in [5, 5.41) is 8.59. The molecule has 1 fully saturated rings. The van der Waals surface area contributed by atoms with Crippen LogP contribution in [0.1, 0.15) is 78.6 Å². The summed E-state index contributed by atoms with van der Waals surface area (Å²) in [6.07, 6.45) is 10.3. The molecular formula is C20H38N4O3. The first-order chi connectivity index (χ1) is 12.8. The summed E-state index contributed by atoms with van der Waals surface area (Å²) in [6, 6.07) is -0.662. The van der Waals surface area contributed by atoms with Gasteiger partial charge in [0.15, 0.2) is 0 Å². The number of nitrogens with one attached hydrogen (secondary N) is 3. The van der Waals surface area contributed by atoms with Crippen LogP contribution in [0.15, 0.2) is 0 Å². The van der Waals surface area contributed by atoms with Gasteiger partial charge in [0, 0.05) is 0 Å². The van der Waals surface area contributed by atoms with Crippen molar-refractivity contribution in [1.29, 1.82) is 0 Å². The standard InChI is InChI=1S/C20H38N4O3/c1-4-9-16(18(26)22-14-17(21)25)24-19(27)20(2,3)23-13-8-12-15-10-6-5-7-11-15/h15-16,23H,4-14H2,1-3H3,(H2,21,25)(H,22,26)(H,24,27)/t16-/m0/s1. The van der Waals surface area contributed by atoms with Crippen LogP contribution in [0.3, 0.4) is 0 Å². The van der Waals surface area contributed by atoms with Gasteiger partial charge in [-0.15, -0.1) is 0 Å². The molecule has 0 aromatic carbocycles. The smallest absolute Gasteiger partial charge is 0.243 e. The highest BCUT2D eigenvalue weighted by molar-refractivity contribution is 5.92. The van der Waals surface area contributed by atoms with Crippen LogP contribution >= 0.6 is 0 Å². The number of nitrogens with two attached hydrogens (primary N) is 1. The predicted octanol–water partition coefficient (Wildman–Crippen LogP) is 1.60. The molecule has 0 aromatic heterocycles. The Labute approximate surface area is 163 Å². The second-order valence-electron chi connectivity index (χ2n) is 8.20. The molecule has 0 spiro atoms. The summed E-state index contributed by atoms with van der Waals surface area (Å²) in [4.78, 5) is 35.7. The molecule has 1 saturated carbocycles. The third-order valence-corrected chi connectivity index (χ3v) is 5.28. The highest BCUT2D eigenvalue weighted by Gasteiger charge is 2.30. The quantitative estimate of drug-likeness (QED) is 0.384. The van der Waals surface area contributed by atoms with Crippen LogP contribution in [-0.4, -0.2) is 42.4 Å². The number of hydrogen-bond donors (Lipinski definition) is 4. The normalized spacial score (nSPS) is 16.6. The first kappa shape index (κ1) is 23.4. The minimum absolute atomic E-state index is 0.215. The van der Waals surface area contributed by atoms with Gasteiger partial charge in [0.2, 0.25) is 17.7 Å². The molecule has 0 radical (unpaired) electrons. The number of amides is 3. The van der Waals surface area contributed by atoms with Gasteiger partial charge in [0.1, 0.15) is 6.04 Å². The Morgan fingerprint density at radius 1 is 1.15 bits per heavy atom. The predicted molar refractivity (Wildman–Crippen MR) is 107 cm³/mol. The van der Waals surface area contributed by atoms with Crippen molar-refractivity contribution in [1.82, 2.24) is 16.0 Å². The molecule has 0 saturated heterocycles. The van der Waals surface area contributed by atoms with Gasteiger partial charge in [-0.3, -0.25) is 14.4 Å². The molecule has 0 unspecified atom stereocenters. The van der Waals surface area contributed by atoms with E-state index in [1.807, 2.05) is 20.8 Å². The Bertz CT molecular complexity index is 488. The SMILES string of the molecule is CCC[C@H](NC(=O)C(C)(C)NCCCC1CCCCC1)C(=O)NCC(N)=O. The first-order valence-electron chi connectivity index (χ1n) is 10.4. The zero-order valence-electron chi connectivity index (χ0n) is 17.2. The second-order valence-corrected chi connectivity index (χ2v) is 8.20. The van der Waals surface area contributed by atoms with Crippen LogP contribution in [0.4, 0.5) is 0 Å². The molecule has 0 aromatic rings. The summed E-state index contributed by atoms with van der Waals surface area (Å²) >= 11 is 0. The fourth-order valence-corrected chi connectivity index (χ4v) is 3.54. The molecule has 0 heterocycles. The molecule has 3 amide bonds. The third kappa shape index (κ3) is 9.22. The van der Waals surface area contributed by atoms with Crippen LogP contribution < -0.4 is 21.7 Å². The minimum Gasteiger partial charge on any atom is -0.368 e. The lowest BCUT2D eigenvalue weighted by Crippen LogP contribution is -2.58. The van der Waals surface area contributed by atoms with E-state index in [-0.39, 0.29) is 18.4 Å². The van der Waals surface area contributed by atoms with E-state index in [2.05, 4.69) is 16.0 Å². The van der Waals surface area contributed by atoms with E-state index in [0.29, 0.717) is 6.42 Å². The van der Waals surface area contributed by atoms with E-state index >= 15 is 0 Å². The average Bonchev–Trinajstić information content (AvgIpc) is 2.63. The van der Waals surface area contributed by atoms with Crippen molar-refractivity contribution >= 4 is 17.7 Å². The summed E-state index contributed by atoms with van der Waals surface area (Å²) in [6.45, 7) is 6.15. The van der Waals surface area contributed by atoms with E-state index in [0.717, 1.165) is 25.3 Å². The lowest BCUT2D eigenvalue weighted by molar-refractivity contribution is -0.132. The number of carbonyl (C=O) groups excluding carboxylic acids is 3. The molecule has 1 atom stereocenters. The fourth-order valence-electron chi connectivity index (χ4n) is 3.54. The third-order valence-electron chi connectivity index (χ3n) is 5.28. The maximum Gasteiger partial charge on any atom is 0.243 e. The van der Waals surface area contributed by atoms with Gasteiger partial charge < -0.3 is 21.7 Å². The maximum absolute atomic E-state index is 12.6. The number of primary amides is 1. The van der Waals surface area contributed by atoms with Gasteiger partial charge >= 0.3 is 0 Å². The van der Waals surface area contributed by atoms with Gasteiger partial charge in [0.25, 0.3) is 0 Å². The number of carbonyl (C=O) groups is 3. The Kier molecular flexibility index (Phi) is 10.4. The van der Waals surface area contributed by atoms with Gasteiger partial charge in [-0.25, -0.2) is 0 Å². The maximum atomic E-state index is 12.6. The molecule has 156 valence electrons. The molecule has 27 heavy (non-hydrogen) atoms. The molecule has 0 aliphatic heterocycles. The van der Waals surface area contributed by atoms with Crippen LogP contribution in [0, 0.1) is 5.92 Å². The molecular weight excluding hydrogens is 344 g/mol. The molecule has 7 heteroatoms. The van der Waals surface area contributed by atoms with Gasteiger partial charge in [-0.1, -0.05) is 45.4 Å². The van der Waals surface area contributed by atoms with Gasteiger partial charge in [-0.05, 0) is 45.6 Å². The Balaban J connectivity index is 2.42. The van der Waals surface area contributed by atoms with Gasteiger partial charge in [0.05, 0.1) is 12.1 Å². The van der Waals surface area contributed by atoms with Crippen molar-refractivity contribution < 1.29 is 14.4 Å². The first-order valence-corrected chi connectivity index (χ1v) is 10.4. The lowest BCUT2D eigenvalue weighted by atomic mass is 9.86. The number of hydrogen-bond acceptors (Lipinski definition) is 4. The van der Waals surface area contributed by atoms with Crippen molar-refractivity contribution in [2.75, 3.05) is 13.1 Å². The average molecular weight is 383 g/mol. The van der Waals surface area contributed by atoms with Crippen LogP contribution in [0.2, 0.25) is 0 Å². The van der Waals surface area contributed by atoms with Crippen molar-refractivity contribution in [3.63, 3.8) is 0 Å². The lowest BCUT2D eigenvalue weighted by Gasteiger charge is -2.28. The van der Waals surface area contributed by atoms with E-state index in [1.54, 1.807) is 0 Å². The Morgan fingerprint density at radius 3 is 2.41 bits per heavy atom. The number of rotatable bonds is 12. The molecule has 1 aliphatic rings. The fraction of sp³-hybridized carbons (Fsp3) is 0.850. The second kappa shape index (κ2) is 12.0. The molecule has 5 N–H and O–H groups in total. The largest absolute Gasteiger partial charge is 0.368 e. The molecule has 0 bridgehead atoms. The van der Waals surface area contributed by atoms with Crippen molar-refractivity contribution in [3.8, 4) is 0 Å². The highest BCUT2D eigenvalue weighted by atomic mass is 16.2. The summed E-state index contributed by atoms with van der Waals surface area (Å²) in [7, 11) is 0. The van der Waals surface area contributed by atoms with E-state index in [4.69, 9.17) is 5.73 Å². The Morgan fingerprint density at radius 2 is 1.81 bits per heavy atom. The summed E-state index contributed by atoms with van der Waals surface area (Å²) in [5.74, 6) is -0.366. The molecule has 1 rings (SSSR count). The highest BCUT2D eigenvalue weighted by Crippen LogP contribution is 2.27. The minimum atomic E-state index is -0.761. The Hall–Kier alpha value is -1.63. The van der Waals surface area contributed by atoms with E-state index < -0.39 is 17.5 Å². The molecule has 7 nitrogen and oxygen atoms in total. The van der Waals surface area contributed by atoms with Gasteiger partial charge in [-0.2, -0.15) is 0 Å². The summed E-state index contributed by atoms with van der Waals surface area (Å²) in [5.41, 5.74) is 4.29. The van der Waals surface area contributed by atoms with Crippen LogP contribution in [-0.2, 0) is 14.4 Å².